The second kappa shape index (κ2) is 10.2. The van der Waals surface area contributed by atoms with Crippen molar-refractivity contribution in [3.05, 3.63) is 0 Å². The Kier molecular flexibility index (Phi) is 10.0. The molecule has 0 aliphatic heterocycles. The Morgan fingerprint density at radius 3 is 2.80 bits per heavy atom. The summed E-state index contributed by atoms with van der Waals surface area (Å²) in [6.07, 6.45) is 0.885. The number of nitrogens with two attached hydrogens (primary N) is 1. The second-order valence-corrected chi connectivity index (χ2v) is 4.13. The first-order valence-electron chi connectivity index (χ1n) is 4.81. The maximum absolute atomic E-state index is 10.4. The molecule has 0 spiro atoms. The molecule has 0 saturated heterocycles. The van der Waals surface area contributed by atoms with Crippen molar-refractivity contribution in [1.29, 1.82) is 0 Å². The van der Waals surface area contributed by atoms with Gasteiger partial charge in [-0.1, -0.05) is 0 Å². The van der Waals surface area contributed by atoms with Gasteiger partial charge in [0.25, 0.3) is 0 Å². The number of hydrogen-bond acceptors (Lipinski definition) is 5. The van der Waals surface area contributed by atoms with E-state index in [0.717, 1.165) is 12.2 Å². The van der Waals surface area contributed by atoms with Crippen molar-refractivity contribution in [1.82, 2.24) is 0 Å². The minimum absolute atomic E-state index is 0.427. The van der Waals surface area contributed by atoms with Gasteiger partial charge in [-0.25, -0.2) is 0 Å². The molecule has 0 aliphatic rings. The zero-order valence-corrected chi connectivity index (χ0v) is 9.79. The molecular formula is C9H19NO4S. The van der Waals surface area contributed by atoms with Gasteiger partial charge >= 0.3 is 5.97 Å². The predicted octanol–water partition coefficient (Wildman–Crippen LogP) is 0.185. The summed E-state index contributed by atoms with van der Waals surface area (Å²) in [6, 6.07) is -0.775. The van der Waals surface area contributed by atoms with Gasteiger partial charge in [0, 0.05) is 31.8 Å². The van der Waals surface area contributed by atoms with Crippen molar-refractivity contribution in [3.8, 4) is 0 Å². The molecule has 0 fully saturated rings. The fourth-order valence-electron chi connectivity index (χ4n) is 0.807. The van der Waals surface area contributed by atoms with Crippen LogP contribution >= 0.6 is 11.8 Å². The van der Waals surface area contributed by atoms with Gasteiger partial charge in [-0.15, -0.1) is 0 Å². The average molecular weight is 237 g/mol. The van der Waals surface area contributed by atoms with Gasteiger partial charge in [-0.2, -0.15) is 11.8 Å². The highest BCUT2D eigenvalue weighted by molar-refractivity contribution is 7.99. The molecule has 0 radical (unpaired) electrons. The number of rotatable bonds is 10. The predicted molar refractivity (Wildman–Crippen MR) is 60.2 cm³/mol. The first kappa shape index (κ1) is 14.7. The summed E-state index contributed by atoms with van der Waals surface area (Å²) in [6.45, 7) is 2.01. The Bertz CT molecular complexity index is 168. The molecule has 0 aromatic rings. The highest BCUT2D eigenvalue weighted by atomic mass is 32.2. The van der Waals surface area contributed by atoms with Crippen LogP contribution < -0.4 is 5.73 Å². The van der Waals surface area contributed by atoms with Crippen LogP contribution in [-0.4, -0.2) is 55.6 Å². The van der Waals surface area contributed by atoms with Crippen molar-refractivity contribution in [2.75, 3.05) is 38.4 Å². The SMILES string of the molecule is COCCCOCCSC[C@@H](N)C(=O)O. The molecule has 0 saturated carbocycles. The van der Waals surface area contributed by atoms with Crippen LogP contribution in [0.1, 0.15) is 6.42 Å². The minimum atomic E-state index is -0.955. The lowest BCUT2D eigenvalue weighted by atomic mass is 10.4. The third-order valence-electron chi connectivity index (χ3n) is 1.62. The fourth-order valence-corrected chi connectivity index (χ4v) is 1.61. The van der Waals surface area contributed by atoms with Crippen LogP contribution in [0.15, 0.2) is 0 Å². The molecule has 90 valence electrons. The van der Waals surface area contributed by atoms with Crippen molar-refractivity contribution in [2.45, 2.75) is 12.5 Å². The first-order valence-corrected chi connectivity index (χ1v) is 5.96. The number of thioether (sulfide) groups is 1. The third kappa shape index (κ3) is 9.99. The van der Waals surface area contributed by atoms with Crippen LogP contribution in [0.2, 0.25) is 0 Å². The highest BCUT2D eigenvalue weighted by Gasteiger charge is 2.10. The molecule has 1 atom stereocenters. The van der Waals surface area contributed by atoms with E-state index in [9.17, 15) is 4.79 Å². The van der Waals surface area contributed by atoms with E-state index in [-0.39, 0.29) is 0 Å². The molecular weight excluding hydrogens is 218 g/mol. The monoisotopic (exact) mass is 237 g/mol. The molecule has 0 rings (SSSR count). The van der Waals surface area contributed by atoms with Crippen LogP contribution in [0.5, 0.6) is 0 Å². The van der Waals surface area contributed by atoms with E-state index < -0.39 is 12.0 Å². The molecule has 6 heteroatoms. The van der Waals surface area contributed by atoms with Crippen molar-refractivity contribution >= 4 is 17.7 Å². The van der Waals surface area contributed by atoms with Crippen molar-refractivity contribution in [3.63, 3.8) is 0 Å². The lowest BCUT2D eigenvalue weighted by molar-refractivity contribution is -0.137. The van der Waals surface area contributed by atoms with E-state index in [2.05, 4.69) is 0 Å². The van der Waals surface area contributed by atoms with E-state index >= 15 is 0 Å². The summed E-state index contributed by atoms with van der Waals surface area (Å²) in [5, 5.41) is 8.50. The van der Waals surface area contributed by atoms with Gasteiger partial charge in [0.2, 0.25) is 0 Å². The molecule has 0 unspecified atom stereocenters. The molecule has 0 aromatic carbocycles. The van der Waals surface area contributed by atoms with E-state index in [1.165, 1.54) is 11.8 Å². The molecule has 15 heavy (non-hydrogen) atoms. The largest absolute Gasteiger partial charge is 0.480 e. The van der Waals surface area contributed by atoms with E-state index in [1.807, 2.05) is 0 Å². The summed E-state index contributed by atoms with van der Waals surface area (Å²) in [5.74, 6) is 0.244. The Morgan fingerprint density at radius 2 is 2.20 bits per heavy atom. The van der Waals surface area contributed by atoms with Gasteiger partial charge in [0.15, 0.2) is 0 Å². The van der Waals surface area contributed by atoms with E-state index in [4.69, 9.17) is 20.3 Å². The maximum Gasteiger partial charge on any atom is 0.321 e. The zero-order chi connectivity index (χ0) is 11.5. The summed E-state index contributed by atoms with van der Waals surface area (Å²) in [5.41, 5.74) is 5.32. The van der Waals surface area contributed by atoms with Crippen molar-refractivity contribution in [2.24, 2.45) is 5.73 Å². The van der Waals surface area contributed by atoms with Crippen LogP contribution in [0.4, 0.5) is 0 Å². The quantitative estimate of drug-likeness (QED) is 0.528. The lowest BCUT2D eigenvalue weighted by Crippen LogP contribution is -2.32. The normalized spacial score (nSPS) is 12.7. The van der Waals surface area contributed by atoms with Crippen LogP contribution in [0.25, 0.3) is 0 Å². The van der Waals surface area contributed by atoms with Crippen LogP contribution in [-0.2, 0) is 14.3 Å². The standard InChI is InChI=1S/C9H19NO4S/c1-13-3-2-4-14-5-6-15-7-8(10)9(11)12/h8H,2-7,10H2,1H3,(H,11,12)/t8-/m1/s1. The number of methoxy groups -OCH3 is 1. The molecule has 0 amide bonds. The zero-order valence-electron chi connectivity index (χ0n) is 8.98. The minimum Gasteiger partial charge on any atom is -0.480 e. The molecule has 0 heterocycles. The number of ether oxygens (including phenoxy) is 2. The van der Waals surface area contributed by atoms with Gasteiger partial charge < -0.3 is 20.3 Å². The molecule has 5 nitrogen and oxygen atoms in total. The number of carboxylic acids is 1. The third-order valence-corrected chi connectivity index (χ3v) is 2.67. The number of carboxylic acid groups (broad SMARTS) is 1. The molecule has 0 aromatic heterocycles. The summed E-state index contributed by atoms with van der Waals surface area (Å²) < 4.78 is 10.1. The Hall–Kier alpha value is -0.300. The number of aliphatic carboxylic acids is 1. The van der Waals surface area contributed by atoms with Crippen LogP contribution in [0.3, 0.4) is 0 Å². The first-order chi connectivity index (χ1) is 7.18. The van der Waals surface area contributed by atoms with E-state index in [1.54, 1.807) is 7.11 Å². The Balaban J connectivity index is 3.08. The van der Waals surface area contributed by atoms with Gasteiger partial charge in [-0.05, 0) is 6.42 Å². The lowest BCUT2D eigenvalue weighted by Gasteiger charge is -2.06. The molecule has 0 aliphatic carbocycles. The van der Waals surface area contributed by atoms with Gasteiger partial charge in [0.1, 0.15) is 6.04 Å². The molecule has 0 bridgehead atoms. The summed E-state index contributed by atoms with van der Waals surface area (Å²) in [7, 11) is 1.66. The average Bonchev–Trinajstić information content (AvgIpc) is 2.21. The van der Waals surface area contributed by atoms with Gasteiger partial charge in [-0.3, -0.25) is 4.79 Å². The van der Waals surface area contributed by atoms with E-state index in [0.29, 0.717) is 25.6 Å². The Morgan fingerprint density at radius 1 is 1.47 bits per heavy atom. The topological polar surface area (TPSA) is 81.8 Å². The highest BCUT2D eigenvalue weighted by Crippen LogP contribution is 2.01. The summed E-state index contributed by atoms with van der Waals surface area (Å²) in [4.78, 5) is 10.4. The van der Waals surface area contributed by atoms with Crippen LogP contribution in [0, 0.1) is 0 Å². The smallest absolute Gasteiger partial charge is 0.321 e. The van der Waals surface area contributed by atoms with Crippen molar-refractivity contribution < 1.29 is 19.4 Å². The second-order valence-electron chi connectivity index (χ2n) is 2.98. The fraction of sp³-hybridized carbons (Fsp3) is 0.889. The Labute approximate surface area is 94.3 Å². The van der Waals surface area contributed by atoms with Gasteiger partial charge in [0.05, 0.1) is 6.61 Å². The number of hydrogen-bond donors (Lipinski definition) is 2. The molecule has 3 N–H and O–H groups in total. The summed E-state index contributed by atoms with van der Waals surface area (Å²) >= 11 is 1.49. The maximum atomic E-state index is 10.4. The number of carbonyl (C=O) groups is 1.